The molecule has 0 amide bonds. The minimum absolute atomic E-state index is 0.277. The molecule has 0 spiro atoms. The molecule has 27 heavy (non-hydrogen) atoms. The SMILES string of the molecule is Cn1c(OCc2ccccc2)nc(-c2ccc(F)cc2)c1-c1ccncc1. The van der Waals surface area contributed by atoms with Gasteiger partial charge in [-0.15, -0.1) is 0 Å². The van der Waals surface area contributed by atoms with Gasteiger partial charge in [-0.1, -0.05) is 30.3 Å². The van der Waals surface area contributed by atoms with Gasteiger partial charge in [0.25, 0.3) is 6.01 Å². The third-order valence-electron chi connectivity index (χ3n) is 4.34. The molecule has 4 aromatic rings. The molecule has 134 valence electrons. The Balaban J connectivity index is 1.76. The molecule has 0 N–H and O–H groups in total. The van der Waals surface area contributed by atoms with E-state index in [-0.39, 0.29) is 5.82 Å². The number of nitrogens with zero attached hydrogens (tertiary/aromatic N) is 3. The molecule has 0 fully saturated rings. The molecule has 0 aliphatic carbocycles. The molecule has 4 rings (SSSR count). The second kappa shape index (κ2) is 7.41. The van der Waals surface area contributed by atoms with E-state index in [1.165, 1.54) is 12.1 Å². The summed E-state index contributed by atoms with van der Waals surface area (Å²) >= 11 is 0. The zero-order valence-electron chi connectivity index (χ0n) is 14.8. The quantitative estimate of drug-likeness (QED) is 0.510. The number of hydrogen-bond acceptors (Lipinski definition) is 3. The van der Waals surface area contributed by atoms with Crippen LogP contribution < -0.4 is 4.74 Å². The summed E-state index contributed by atoms with van der Waals surface area (Å²) in [6, 6.07) is 20.6. The number of rotatable bonds is 5. The highest BCUT2D eigenvalue weighted by atomic mass is 19.1. The fraction of sp³-hybridized carbons (Fsp3) is 0.0909. The number of imidazole rings is 1. The third kappa shape index (κ3) is 3.58. The lowest BCUT2D eigenvalue weighted by atomic mass is 10.1. The first kappa shape index (κ1) is 17.0. The fourth-order valence-corrected chi connectivity index (χ4v) is 2.98. The summed E-state index contributed by atoms with van der Waals surface area (Å²) in [6.07, 6.45) is 3.47. The lowest BCUT2D eigenvalue weighted by Gasteiger charge is -2.08. The van der Waals surface area contributed by atoms with Crippen molar-refractivity contribution >= 4 is 0 Å². The molecule has 0 bridgehead atoms. The number of ether oxygens (including phenoxy) is 1. The molecule has 2 aromatic heterocycles. The summed E-state index contributed by atoms with van der Waals surface area (Å²) in [5.41, 5.74) is 4.50. The Morgan fingerprint density at radius 2 is 1.59 bits per heavy atom. The van der Waals surface area contributed by atoms with Crippen LogP contribution >= 0.6 is 0 Å². The van der Waals surface area contributed by atoms with Gasteiger partial charge in [0.05, 0.1) is 5.69 Å². The Bertz CT molecular complexity index is 1030. The van der Waals surface area contributed by atoms with E-state index in [1.807, 2.05) is 54.1 Å². The molecule has 4 nitrogen and oxygen atoms in total. The van der Waals surface area contributed by atoms with Gasteiger partial charge in [-0.05, 0) is 42.0 Å². The molecule has 0 unspecified atom stereocenters. The number of benzene rings is 2. The molecule has 0 atom stereocenters. The Kier molecular flexibility index (Phi) is 4.66. The van der Waals surface area contributed by atoms with Crippen LogP contribution in [0, 0.1) is 5.82 Å². The average Bonchev–Trinajstić information content (AvgIpc) is 3.05. The number of halogens is 1. The summed E-state index contributed by atoms with van der Waals surface area (Å²) in [6.45, 7) is 0.421. The maximum absolute atomic E-state index is 13.4. The van der Waals surface area contributed by atoms with Gasteiger partial charge in [0.1, 0.15) is 18.1 Å². The van der Waals surface area contributed by atoms with Crippen molar-refractivity contribution in [3.63, 3.8) is 0 Å². The maximum atomic E-state index is 13.4. The predicted octanol–water partition coefficient (Wildman–Crippen LogP) is 4.87. The summed E-state index contributed by atoms with van der Waals surface area (Å²) in [7, 11) is 1.91. The van der Waals surface area contributed by atoms with Crippen LogP contribution in [0.1, 0.15) is 5.56 Å². The minimum Gasteiger partial charge on any atom is -0.460 e. The van der Waals surface area contributed by atoms with Gasteiger partial charge in [-0.25, -0.2) is 4.39 Å². The molecule has 0 saturated heterocycles. The highest BCUT2D eigenvalue weighted by Gasteiger charge is 2.19. The van der Waals surface area contributed by atoms with Gasteiger partial charge in [-0.2, -0.15) is 4.98 Å². The molecule has 0 saturated carbocycles. The Morgan fingerprint density at radius 1 is 0.889 bits per heavy atom. The monoisotopic (exact) mass is 359 g/mol. The minimum atomic E-state index is -0.277. The first-order valence-electron chi connectivity index (χ1n) is 8.62. The highest BCUT2D eigenvalue weighted by molar-refractivity contribution is 5.79. The maximum Gasteiger partial charge on any atom is 0.297 e. The molecule has 0 aliphatic rings. The van der Waals surface area contributed by atoms with Gasteiger partial charge in [-0.3, -0.25) is 9.55 Å². The Hall–Kier alpha value is -3.47. The fourth-order valence-electron chi connectivity index (χ4n) is 2.98. The van der Waals surface area contributed by atoms with Crippen molar-refractivity contribution in [1.29, 1.82) is 0 Å². The normalized spacial score (nSPS) is 10.7. The van der Waals surface area contributed by atoms with Crippen molar-refractivity contribution in [2.24, 2.45) is 7.05 Å². The van der Waals surface area contributed by atoms with Crippen molar-refractivity contribution in [2.45, 2.75) is 6.61 Å². The van der Waals surface area contributed by atoms with E-state index in [4.69, 9.17) is 9.72 Å². The predicted molar refractivity (Wildman–Crippen MR) is 103 cm³/mol. The van der Waals surface area contributed by atoms with Crippen LogP contribution in [0.15, 0.2) is 79.1 Å². The summed E-state index contributed by atoms with van der Waals surface area (Å²) in [5, 5.41) is 0. The van der Waals surface area contributed by atoms with Crippen LogP contribution in [0.2, 0.25) is 0 Å². The number of aromatic nitrogens is 3. The van der Waals surface area contributed by atoms with Gasteiger partial charge < -0.3 is 4.74 Å². The zero-order valence-corrected chi connectivity index (χ0v) is 14.8. The lowest BCUT2D eigenvalue weighted by Crippen LogP contribution is -2.01. The van der Waals surface area contributed by atoms with Crippen molar-refractivity contribution in [3.8, 4) is 28.5 Å². The number of hydrogen-bond donors (Lipinski definition) is 0. The van der Waals surface area contributed by atoms with E-state index in [0.717, 1.165) is 28.1 Å². The molecule has 5 heteroatoms. The van der Waals surface area contributed by atoms with Crippen LogP contribution in [-0.4, -0.2) is 14.5 Å². The molecule has 2 heterocycles. The van der Waals surface area contributed by atoms with Gasteiger partial charge in [0, 0.05) is 30.6 Å². The lowest BCUT2D eigenvalue weighted by molar-refractivity contribution is 0.272. The van der Waals surface area contributed by atoms with E-state index in [9.17, 15) is 4.39 Å². The smallest absolute Gasteiger partial charge is 0.297 e. The summed E-state index contributed by atoms with van der Waals surface area (Å²) in [5.74, 6) is -0.277. The van der Waals surface area contributed by atoms with E-state index in [1.54, 1.807) is 24.5 Å². The van der Waals surface area contributed by atoms with Crippen molar-refractivity contribution in [3.05, 3.63) is 90.5 Å². The standard InChI is InChI=1S/C22H18FN3O/c1-26-21(18-11-13-24-14-12-18)20(17-7-9-19(23)10-8-17)25-22(26)27-15-16-5-3-2-4-6-16/h2-14H,15H2,1H3. The van der Waals surface area contributed by atoms with Gasteiger partial charge >= 0.3 is 0 Å². The second-order valence-electron chi connectivity index (χ2n) is 6.17. The van der Waals surface area contributed by atoms with E-state index in [0.29, 0.717) is 12.6 Å². The molecular formula is C22H18FN3O. The summed E-state index contributed by atoms with van der Waals surface area (Å²) in [4.78, 5) is 8.79. The Labute approximate surface area is 156 Å². The molecule has 0 radical (unpaired) electrons. The molecule has 2 aromatic carbocycles. The molecule has 0 aliphatic heterocycles. The van der Waals surface area contributed by atoms with Crippen LogP contribution in [0.3, 0.4) is 0 Å². The second-order valence-corrected chi connectivity index (χ2v) is 6.17. The Morgan fingerprint density at radius 3 is 2.30 bits per heavy atom. The van der Waals surface area contributed by atoms with Gasteiger partial charge in [0.15, 0.2) is 0 Å². The zero-order chi connectivity index (χ0) is 18.6. The van der Waals surface area contributed by atoms with Crippen molar-refractivity contribution in [1.82, 2.24) is 14.5 Å². The van der Waals surface area contributed by atoms with Crippen LogP contribution in [0.4, 0.5) is 4.39 Å². The van der Waals surface area contributed by atoms with Crippen molar-refractivity contribution < 1.29 is 9.13 Å². The highest BCUT2D eigenvalue weighted by Crippen LogP contribution is 2.34. The third-order valence-corrected chi connectivity index (χ3v) is 4.34. The largest absolute Gasteiger partial charge is 0.460 e. The first-order chi connectivity index (χ1) is 13.2. The van der Waals surface area contributed by atoms with E-state index < -0.39 is 0 Å². The van der Waals surface area contributed by atoms with Crippen LogP contribution in [0.25, 0.3) is 22.5 Å². The van der Waals surface area contributed by atoms with Gasteiger partial charge in [0.2, 0.25) is 0 Å². The van der Waals surface area contributed by atoms with Crippen LogP contribution in [-0.2, 0) is 13.7 Å². The first-order valence-corrected chi connectivity index (χ1v) is 8.62. The van der Waals surface area contributed by atoms with E-state index in [2.05, 4.69) is 4.98 Å². The summed E-state index contributed by atoms with van der Waals surface area (Å²) < 4.78 is 21.2. The molecular weight excluding hydrogens is 341 g/mol. The van der Waals surface area contributed by atoms with Crippen molar-refractivity contribution in [2.75, 3.05) is 0 Å². The van der Waals surface area contributed by atoms with E-state index >= 15 is 0 Å². The topological polar surface area (TPSA) is 39.9 Å². The number of pyridine rings is 1. The van der Waals surface area contributed by atoms with Crippen LogP contribution in [0.5, 0.6) is 6.01 Å². The average molecular weight is 359 g/mol.